The summed E-state index contributed by atoms with van der Waals surface area (Å²) in [5.41, 5.74) is -1.27. The molecule has 3 aliphatic carbocycles. The molecule has 20 heavy (non-hydrogen) atoms. The summed E-state index contributed by atoms with van der Waals surface area (Å²) in [4.78, 5) is 24.5. The Balaban J connectivity index is 2.17. The molecular formula is C16H27NO3. The van der Waals surface area contributed by atoms with E-state index in [-0.39, 0.29) is 16.6 Å². The van der Waals surface area contributed by atoms with Gasteiger partial charge in [0.1, 0.15) is 11.4 Å². The van der Waals surface area contributed by atoms with Crippen molar-refractivity contribution in [3.8, 4) is 0 Å². The Bertz CT molecular complexity index is 449. The van der Waals surface area contributed by atoms with Gasteiger partial charge in [-0.25, -0.2) is 4.79 Å². The lowest BCUT2D eigenvalue weighted by Crippen LogP contribution is -2.66. The number of carbonyl (C=O) groups excluding carboxylic acids is 2. The van der Waals surface area contributed by atoms with Crippen molar-refractivity contribution in [1.29, 1.82) is 0 Å². The first-order valence-electron chi connectivity index (χ1n) is 7.44. The van der Waals surface area contributed by atoms with Gasteiger partial charge in [-0.2, -0.15) is 0 Å². The number of hydrogen-bond acceptors (Lipinski definition) is 3. The third-order valence-corrected chi connectivity index (χ3v) is 5.26. The summed E-state index contributed by atoms with van der Waals surface area (Å²) < 4.78 is 5.35. The van der Waals surface area contributed by atoms with Crippen molar-refractivity contribution in [2.24, 2.45) is 10.8 Å². The van der Waals surface area contributed by atoms with E-state index in [9.17, 15) is 9.59 Å². The van der Waals surface area contributed by atoms with E-state index in [4.69, 9.17) is 4.74 Å². The first kappa shape index (κ1) is 15.3. The summed E-state index contributed by atoms with van der Waals surface area (Å²) in [6.07, 6.45) is 2.56. The van der Waals surface area contributed by atoms with Crippen molar-refractivity contribution >= 4 is 11.9 Å². The summed E-state index contributed by atoms with van der Waals surface area (Å²) in [6, 6.07) is 0. The van der Waals surface area contributed by atoms with E-state index in [1.165, 1.54) is 0 Å². The van der Waals surface area contributed by atoms with Crippen LogP contribution >= 0.6 is 0 Å². The van der Waals surface area contributed by atoms with Gasteiger partial charge in [-0.1, -0.05) is 20.8 Å². The summed E-state index contributed by atoms with van der Waals surface area (Å²) in [5.74, 6) is 0.274. The standard InChI is InChI=1S/C16H27NO3/c1-13(2,3)20-12(19)17-16-8-7-15(6,11(18)9-16)14(4,5)10-16/h7-10H2,1-6H3,(H,17,19)/t15-,16-/m0/s1. The minimum absolute atomic E-state index is 0.0877. The first-order valence-corrected chi connectivity index (χ1v) is 7.44. The number of alkyl carbamates (subject to hydrolysis) is 1. The minimum Gasteiger partial charge on any atom is -0.444 e. The van der Waals surface area contributed by atoms with Crippen LogP contribution in [-0.2, 0) is 9.53 Å². The molecule has 0 aromatic rings. The fourth-order valence-electron chi connectivity index (χ4n) is 3.80. The molecule has 2 bridgehead atoms. The van der Waals surface area contributed by atoms with Gasteiger partial charge < -0.3 is 10.1 Å². The molecule has 0 aliphatic heterocycles. The molecule has 0 radical (unpaired) electrons. The highest BCUT2D eigenvalue weighted by Crippen LogP contribution is 2.59. The molecule has 3 aliphatic rings. The van der Waals surface area contributed by atoms with Gasteiger partial charge in [-0.05, 0) is 45.4 Å². The van der Waals surface area contributed by atoms with Crippen LogP contribution in [0, 0.1) is 10.8 Å². The first-order chi connectivity index (χ1) is 8.89. The van der Waals surface area contributed by atoms with E-state index >= 15 is 0 Å². The fraction of sp³-hybridized carbons (Fsp3) is 0.875. The number of rotatable bonds is 1. The Labute approximate surface area is 121 Å². The van der Waals surface area contributed by atoms with E-state index < -0.39 is 17.2 Å². The predicted molar refractivity (Wildman–Crippen MR) is 77.5 cm³/mol. The second-order valence-electron chi connectivity index (χ2n) is 8.40. The van der Waals surface area contributed by atoms with Crippen LogP contribution < -0.4 is 5.32 Å². The molecule has 3 saturated carbocycles. The highest BCUT2D eigenvalue weighted by Gasteiger charge is 2.61. The summed E-state index contributed by atoms with van der Waals surface area (Å²) >= 11 is 0. The average molecular weight is 281 g/mol. The zero-order chi connectivity index (χ0) is 15.4. The molecule has 0 aromatic heterocycles. The summed E-state index contributed by atoms with van der Waals surface area (Å²) in [7, 11) is 0. The van der Waals surface area contributed by atoms with E-state index in [1.807, 2.05) is 20.8 Å². The van der Waals surface area contributed by atoms with Crippen LogP contribution in [0.5, 0.6) is 0 Å². The maximum Gasteiger partial charge on any atom is 0.408 e. The molecule has 0 spiro atoms. The van der Waals surface area contributed by atoms with Crippen molar-refractivity contribution in [3.05, 3.63) is 0 Å². The van der Waals surface area contributed by atoms with Crippen molar-refractivity contribution < 1.29 is 14.3 Å². The third kappa shape index (κ3) is 2.45. The summed E-state index contributed by atoms with van der Waals surface area (Å²) in [5, 5.41) is 3.00. The minimum atomic E-state index is -0.516. The second kappa shape index (κ2) is 4.22. The Morgan fingerprint density at radius 2 is 1.80 bits per heavy atom. The lowest BCUT2D eigenvalue weighted by Gasteiger charge is -2.59. The Kier molecular flexibility index (Phi) is 3.23. The van der Waals surface area contributed by atoms with Crippen LogP contribution in [-0.4, -0.2) is 23.0 Å². The fourth-order valence-corrected chi connectivity index (χ4v) is 3.80. The quantitative estimate of drug-likeness (QED) is 0.801. The third-order valence-electron chi connectivity index (χ3n) is 5.26. The van der Waals surface area contributed by atoms with Gasteiger partial charge >= 0.3 is 6.09 Å². The molecule has 3 rings (SSSR count). The highest BCUT2D eigenvalue weighted by molar-refractivity contribution is 5.89. The summed E-state index contributed by atoms with van der Waals surface area (Å²) in [6.45, 7) is 11.9. The number of ketones is 1. The van der Waals surface area contributed by atoms with Gasteiger partial charge in [0.25, 0.3) is 0 Å². The second-order valence-corrected chi connectivity index (χ2v) is 8.40. The lowest BCUT2D eigenvalue weighted by atomic mass is 9.46. The smallest absolute Gasteiger partial charge is 0.408 e. The zero-order valence-corrected chi connectivity index (χ0v) is 13.6. The van der Waals surface area contributed by atoms with E-state index in [0.29, 0.717) is 6.42 Å². The van der Waals surface area contributed by atoms with Gasteiger partial charge in [-0.15, -0.1) is 0 Å². The van der Waals surface area contributed by atoms with Crippen molar-refractivity contribution in [3.63, 3.8) is 0 Å². The Morgan fingerprint density at radius 1 is 1.20 bits per heavy atom. The Hall–Kier alpha value is -1.06. The van der Waals surface area contributed by atoms with Crippen molar-refractivity contribution in [2.75, 3.05) is 0 Å². The molecule has 4 nitrogen and oxygen atoms in total. The molecule has 3 fully saturated rings. The van der Waals surface area contributed by atoms with E-state index in [2.05, 4.69) is 26.1 Å². The molecule has 0 unspecified atom stereocenters. The topological polar surface area (TPSA) is 55.4 Å². The van der Waals surface area contributed by atoms with E-state index in [1.54, 1.807) is 0 Å². The number of amides is 1. The van der Waals surface area contributed by atoms with Crippen molar-refractivity contribution in [1.82, 2.24) is 5.32 Å². The average Bonchev–Trinajstić information content (AvgIpc) is 2.18. The van der Waals surface area contributed by atoms with Gasteiger partial charge in [0.05, 0.1) is 5.54 Å². The molecule has 2 atom stereocenters. The molecule has 1 N–H and O–H groups in total. The van der Waals surface area contributed by atoms with Crippen LogP contribution in [0.25, 0.3) is 0 Å². The highest BCUT2D eigenvalue weighted by atomic mass is 16.6. The number of Topliss-reactive ketones (excluding diaryl/α,β-unsaturated/α-hetero) is 1. The predicted octanol–water partition coefficient (Wildman–Crippen LogP) is 3.44. The molecule has 114 valence electrons. The molecule has 4 heteroatoms. The SMILES string of the molecule is CC(C)(C)OC(=O)N[C@@]12CC[C@@](C)(C(=O)C1)C(C)(C)C2. The van der Waals surface area contributed by atoms with Crippen molar-refractivity contribution in [2.45, 2.75) is 78.4 Å². The monoisotopic (exact) mass is 281 g/mol. The zero-order valence-electron chi connectivity index (χ0n) is 13.6. The van der Waals surface area contributed by atoms with E-state index in [0.717, 1.165) is 19.3 Å². The number of carbonyl (C=O) groups is 2. The largest absolute Gasteiger partial charge is 0.444 e. The van der Waals surface area contributed by atoms with Crippen LogP contribution in [0.3, 0.4) is 0 Å². The van der Waals surface area contributed by atoms with Gasteiger partial charge in [0, 0.05) is 11.8 Å². The normalized spacial score (nSPS) is 35.8. The number of fused-ring (bicyclic) bond motifs is 3. The van der Waals surface area contributed by atoms with Crippen LogP contribution in [0.2, 0.25) is 0 Å². The number of ether oxygens (including phenoxy) is 1. The van der Waals surface area contributed by atoms with Gasteiger partial charge in [0.15, 0.2) is 0 Å². The van der Waals surface area contributed by atoms with Gasteiger partial charge in [0.2, 0.25) is 0 Å². The maximum absolute atomic E-state index is 12.5. The maximum atomic E-state index is 12.5. The van der Waals surface area contributed by atoms with Crippen LogP contribution in [0.4, 0.5) is 4.79 Å². The molecule has 0 heterocycles. The molecular weight excluding hydrogens is 254 g/mol. The Morgan fingerprint density at radius 3 is 2.25 bits per heavy atom. The molecule has 0 aromatic carbocycles. The molecule has 0 saturated heterocycles. The number of hydrogen-bond donors (Lipinski definition) is 1. The molecule has 1 amide bonds. The number of nitrogens with one attached hydrogen (secondary N) is 1. The van der Waals surface area contributed by atoms with Crippen LogP contribution in [0.15, 0.2) is 0 Å². The van der Waals surface area contributed by atoms with Gasteiger partial charge in [-0.3, -0.25) is 4.79 Å². The van der Waals surface area contributed by atoms with Crippen LogP contribution in [0.1, 0.15) is 67.2 Å². The lowest BCUT2D eigenvalue weighted by molar-refractivity contribution is -0.154.